The van der Waals surface area contributed by atoms with E-state index in [0.29, 0.717) is 23.2 Å². The number of ether oxygens (including phenoxy) is 1. The smallest absolute Gasteiger partial charge is 0.219 e. The van der Waals surface area contributed by atoms with Gasteiger partial charge in [0, 0.05) is 23.8 Å². The van der Waals surface area contributed by atoms with Crippen molar-refractivity contribution in [1.29, 1.82) is 0 Å². The fraction of sp³-hybridized carbons (Fsp3) is 0.0833. The third-order valence-corrected chi connectivity index (χ3v) is 2.32. The van der Waals surface area contributed by atoms with Crippen molar-refractivity contribution < 1.29 is 4.74 Å². The predicted molar refractivity (Wildman–Crippen MR) is 63.7 cm³/mol. The third-order valence-electron chi connectivity index (χ3n) is 2.07. The number of nitrogens with zero attached hydrogens (tertiary/aromatic N) is 1. The molecule has 0 amide bonds. The van der Waals surface area contributed by atoms with Crippen LogP contribution in [0.5, 0.6) is 11.6 Å². The second kappa shape index (κ2) is 4.96. The topological polar surface area (TPSA) is 48.1 Å². The molecule has 0 aliphatic rings. The summed E-state index contributed by atoms with van der Waals surface area (Å²) in [6.45, 7) is 0.472. The summed E-state index contributed by atoms with van der Waals surface area (Å²) in [5, 5.41) is 0.677. The van der Waals surface area contributed by atoms with Gasteiger partial charge < -0.3 is 10.5 Å². The lowest BCUT2D eigenvalue weighted by Crippen LogP contribution is -1.97. The van der Waals surface area contributed by atoms with E-state index in [-0.39, 0.29) is 0 Å². The molecule has 0 saturated carbocycles. The van der Waals surface area contributed by atoms with Crippen LogP contribution in [0, 0.1) is 0 Å². The number of rotatable bonds is 3. The number of nitrogens with two attached hydrogens (primary N) is 1. The Labute approximate surface area is 98.8 Å². The minimum Gasteiger partial charge on any atom is -0.439 e. The van der Waals surface area contributed by atoms with Crippen LogP contribution in [0.15, 0.2) is 42.6 Å². The van der Waals surface area contributed by atoms with Crippen molar-refractivity contribution in [2.75, 3.05) is 0 Å². The fourth-order valence-corrected chi connectivity index (χ4v) is 1.38. The minimum absolute atomic E-state index is 0.472. The van der Waals surface area contributed by atoms with Crippen LogP contribution in [-0.4, -0.2) is 4.98 Å². The summed E-state index contributed by atoms with van der Waals surface area (Å²) in [6.07, 6.45) is 1.67. The molecule has 3 nitrogen and oxygen atoms in total. The van der Waals surface area contributed by atoms with Gasteiger partial charge in [-0.05, 0) is 35.9 Å². The molecule has 82 valence electrons. The van der Waals surface area contributed by atoms with Gasteiger partial charge in [-0.25, -0.2) is 4.98 Å². The Hall–Kier alpha value is -1.58. The zero-order chi connectivity index (χ0) is 11.4. The maximum absolute atomic E-state index is 5.77. The number of hydrogen-bond donors (Lipinski definition) is 1. The van der Waals surface area contributed by atoms with Crippen LogP contribution < -0.4 is 10.5 Å². The van der Waals surface area contributed by atoms with Crippen LogP contribution in [0.1, 0.15) is 5.56 Å². The summed E-state index contributed by atoms with van der Waals surface area (Å²) in [5.74, 6) is 1.23. The van der Waals surface area contributed by atoms with E-state index in [4.69, 9.17) is 22.1 Å². The molecule has 0 unspecified atom stereocenters. The number of benzene rings is 1. The van der Waals surface area contributed by atoms with Gasteiger partial charge >= 0.3 is 0 Å². The highest BCUT2D eigenvalue weighted by Gasteiger charge is 1.99. The van der Waals surface area contributed by atoms with Gasteiger partial charge in [0.25, 0.3) is 0 Å². The Bertz CT molecular complexity index is 471. The average molecular weight is 235 g/mol. The molecule has 0 radical (unpaired) electrons. The molecule has 1 aromatic heterocycles. The number of hydrogen-bond acceptors (Lipinski definition) is 3. The third kappa shape index (κ3) is 2.72. The van der Waals surface area contributed by atoms with Crippen LogP contribution in [0.3, 0.4) is 0 Å². The monoisotopic (exact) mass is 234 g/mol. The maximum Gasteiger partial charge on any atom is 0.219 e. The standard InChI is InChI=1S/C12H11ClN2O/c13-10-1-3-11(4-2-10)16-12-7-9(8-14)5-6-15-12/h1-7H,8,14H2. The molecule has 0 atom stereocenters. The van der Waals surface area contributed by atoms with Crippen LogP contribution >= 0.6 is 11.6 Å². The molecule has 0 aliphatic carbocycles. The first-order chi connectivity index (χ1) is 7.78. The van der Waals surface area contributed by atoms with Gasteiger partial charge in [-0.15, -0.1) is 0 Å². The first kappa shape index (κ1) is 10.9. The van der Waals surface area contributed by atoms with Crippen molar-refractivity contribution in [2.45, 2.75) is 6.54 Å². The molecule has 0 spiro atoms. The van der Waals surface area contributed by atoms with Crippen LogP contribution in [0.4, 0.5) is 0 Å². The van der Waals surface area contributed by atoms with Crippen molar-refractivity contribution in [3.05, 3.63) is 53.2 Å². The molecule has 0 saturated heterocycles. The van der Waals surface area contributed by atoms with Crippen molar-refractivity contribution >= 4 is 11.6 Å². The van der Waals surface area contributed by atoms with E-state index in [0.717, 1.165) is 5.56 Å². The normalized spacial score (nSPS) is 10.1. The molecule has 2 N–H and O–H groups in total. The lowest BCUT2D eigenvalue weighted by molar-refractivity contribution is 0.462. The highest BCUT2D eigenvalue weighted by molar-refractivity contribution is 6.30. The molecular formula is C12H11ClN2O. The van der Waals surface area contributed by atoms with Gasteiger partial charge in [-0.1, -0.05) is 11.6 Å². The van der Waals surface area contributed by atoms with Gasteiger partial charge in [0.05, 0.1) is 0 Å². The van der Waals surface area contributed by atoms with Crippen molar-refractivity contribution in [1.82, 2.24) is 4.98 Å². The molecule has 2 rings (SSSR count). The largest absolute Gasteiger partial charge is 0.439 e. The molecule has 1 aromatic carbocycles. The minimum atomic E-state index is 0.472. The Morgan fingerprint density at radius 2 is 1.94 bits per heavy atom. The van der Waals surface area contributed by atoms with Gasteiger partial charge in [0.2, 0.25) is 5.88 Å². The fourth-order valence-electron chi connectivity index (χ4n) is 1.26. The highest BCUT2D eigenvalue weighted by atomic mass is 35.5. The second-order valence-electron chi connectivity index (χ2n) is 3.26. The lowest BCUT2D eigenvalue weighted by Gasteiger charge is -2.05. The highest BCUT2D eigenvalue weighted by Crippen LogP contribution is 2.21. The zero-order valence-electron chi connectivity index (χ0n) is 8.56. The summed E-state index contributed by atoms with van der Waals surface area (Å²) >= 11 is 5.77. The zero-order valence-corrected chi connectivity index (χ0v) is 9.32. The Balaban J connectivity index is 2.16. The van der Waals surface area contributed by atoms with Crippen molar-refractivity contribution in [2.24, 2.45) is 5.73 Å². The summed E-state index contributed by atoms with van der Waals surface area (Å²) in [7, 11) is 0. The Morgan fingerprint density at radius 1 is 1.19 bits per heavy atom. The van der Waals surface area contributed by atoms with Crippen LogP contribution in [0.2, 0.25) is 5.02 Å². The summed E-state index contributed by atoms with van der Waals surface area (Å²) in [4.78, 5) is 4.09. The average Bonchev–Trinajstić information content (AvgIpc) is 2.32. The van der Waals surface area contributed by atoms with E-state index in [1.807, 2.05) is 12.1 Å². The van der Waals surface area contributed by atoms with E-state index in [1.54, 1.807) is 30.5 Å². The van der Waals surface area contributed by atoms with Gasteiger partial charge in [0.15, 0.2) is 0 Å². The molecular weight excluding hydrogens is 224 g/mol. The van der Waals surface area contributed by atoms with Crippen molar-refractivity contribution in [3.63, 3.8) is 0 Å². The molecule has 4 heteroatoms. The van der Waals surface area contributed by atoms with Crippen LogP contribution in [0.25, 0.3) is 0 Å². The molecule has 0 bridgehead atoms. The number of aromatic nitrogens is 1. The van der Waals surface area contributed by atoms with Gasteiger partial charge in [-0.2, -0.15) is 0 Å². The quantitative estimate of drug-likeness (QED) is 0.888. The molecule has 0 fully saturated rings. The van der Waals surface area contributed by atoms with E-state index in [2.05, 4.69) is 4.98 Å². The number of pyridine rings is 1. The molecule has 1 heterocycles. The number of halogens is 1. The van der Waals surface area contributed by atoms with E-state index in [1.165, 1.54) is 0 Å². The molecule has 0 aliphatic heterocycles. The first-order valence-electron chi connectivity index (χ1n) is 4.86. The summed E-state index contributed by atoms with van der Waals surface area (Å²) < 4.78 is 5.55. The van der Waals surface area contributed by atoms with Gasteiger partial charge in [0.1, 0.15) is 5.75 Å². The lowest BCUT2D eigenvalue weighted by atomic mass is 10.3. The van der Waals surface area contributed by atoms with E-state index in [9.17, 15) is 0 Å². The molecule has 16 heavy (non-hydrogen) atoms. The van der Waals surface area contributed by atoms with E-state index >= 15 is 0 Å². The van der Waals surface area contributed by atoms with Crippen LogP contribution in [-0.2, 0) is 6.54 Å². The first-order valence-corrected chi connectivity index (χ1v) is 5.24. The Morgan fingerprint density at radius 3 is 2.62 bits per heavy atom. The SMILES string of the molecule is NCc1ccnc(Oc2ccc(Cl)cc2)c1. The predicted octanol–water partition coefficient (Wildman–Crippen LogP) is 2.99. The Kier molecular flexibility index (Phi) is 3.39. The maximum atomic E-state index is 5.77. The molecule has 2 aromatic rings. The second-order valence-corrected chi connectivity index (χ2v) is 3.70. The van der Waals surface area contributed by atoms with Crippen molar-refractivity contribution in [3.8, 4) is 11.6 Å². The summed E-state index contributed by atoms with van der Waals surface area (Å²) in [5.41, 5.74) is 6.52. The van der Waals surface area contributed by atoms with Gasteiger partial charge in [-0.3, -0.25) is 0 Å². The summed E-state index contributed by atoms with van der Waals surface area (Å²) in [6, 6.07) is 10.8. The van der Waals surface area contributed by atoms with E-state index < -0.39 is 0 Å².